The molecule has 0 fully saturated rings. The Balaban J connectivity index is 2.60. The summed E-state index contributed by atoms with van der Waals surface area (Å²) >= 11 is 0. The zero-order valence-electron chi connectivity index (χ0n) is 12.4. The van der Waals surface area contributed by atoms with Crippen molar-refractivity contribution in [3.63, 3.8) is 0 Å². The van der Waals surface area contributed by atoms with Gasteiger partial charge in [0.1, 0.15) is 0 Å². The minimum Gasteiger partial charge on any atom is -0.339 e. The summed E-state index contributed by atoms with van der Waals surface area (Å²) in [6, 6.07) is 0.447. The van der Waals surface area contributed by atoms with Crippen molar-refractivity contribution >= 4 is 0 Å². The van der Waals surface area contributed by atoms with Gasteiger partial charge < -0.3 is 9.84 Å². The molecular formula is C14H27N3O. The second-order valence-electron chi connectivity index (χ2n) is 5.91. The van der Waals surface area contributed by atoms with Gasteiger partial charge in [0.2, 0.25) is 5.89 Å². The van der Waals surface area contributed by atoms with Gasteiger partial charge in [-0.2, -0.15) is 4.98 Å². The molecule has 1 unspecified atom stereocenters. The predicted molar refractivity (Wildman–Crippen MR) is 73.7 cm³/mol. The van der Waals surface area contributed by atoms with Crippen molar-refractivity contribution in [2.45, 2.75) is 71.8 Å². The van der Waals surface area contributed by atoms with Gasteiger partial charge in [-0.3, -0.25) is 0 Å². The zero-order valence-corrected chi connectivity index (χ0v) is 12.4. The summed E-state index contributed by atoms with van der Waals surface area (Å²) < 4.78 is 5.35. The van der Waals surface area contributed by atoms with Crippen LogP contribution in [0.5, 0.6) is 0 Å². The molecule has 4 nitrogen and oxygen atoms in total. The number of nitrogens with zero attached hydrogens (tertiary/aromatic N) is 2. The molecule has 1 N–H and O–H groups in total. The predicted octanol–water partition coefficient (Wildman–Crippen LogP) is 3.08. The van der Waals surface area contributed by atoms with Gasteiger partial charge >= 0.3 is 0 Å². The minimum absolute atomic E-state index is 0.0428. The highest BCUT2D eigenvalue weighted by Crippen LogP contribution is 2.19. The van der Waals surface area contributed by atoms with Crippen molar-refractivity contribution in [2.24, 2.45) is 0 Å². The van der Waals surface area contributed by atoms with Gasteiger partial charge in [0.05, 0.1) is 0 Å². The maximum absolute atomic E-state index is 5.35. The van der Waals surface area contributed by atoms with Crippen LogP contribution in [0.1, 0.15) is 65.6 Å². The molecule has 0 aliphatic rings. The third-order valence-electron chi connectivity index (χ3n) is 2.88. The second kappa shape index (κ2) is 6.88. The molecule has 1 rings (SSSR count). The van der Waals surface area contributed by atoms with Crippen molar-refractivity contribution in [2.75, 3.05) is 6.54 Å². The molecule has 0 saturated heterocycles. The van der Waals surface area contributed by atoms with E-state index >= 15 is 0 Å². The van der Waals surface area contributed by atoms with E-state index in [0.29, 0.717) is 6.04 Å². The molecule has 0 aliphatic heterocycles. The van der Waals surface area contributed by atoms with Crippen molar-refractivity contribution in [1.29, 1.82) is 0 Å². The molecule has 0 aromatic carbocycles. The van der Waals surface area contributed by atoms with Gasteiger partial charge in [-0.25, -0.2) is 0 Å². The minimum atomic E-state index is -0.0428. The molecule has 0 spiro atoms. The highest BCUT2D eigenvalue weighted by atomic mass is 16.5. The molecule has 0 amide bonds. The topological polar surface area (TPSA) is 51.0 Å². The zero-order chi connectivity index (χ0) is 13.6. The van der Waals surface area contributed by atoms with E-state index in [1.807, 2.05) is 0 Å². The van der Waals surface area contributed by atoms with Crippen LogP contribution in [0.4, 0.5) is 0 Å². The first-order valence-electron chi connectivity index (χ1n) is 7.03. The molecule has 104 valence electrons. The lowest BCUT2D eigenvalue weighted by Gasteiger charge is -2.15. The molecule has 0 bridgehead atoms. The average Bonchev–Trinajstić information content (AvgIpc) is 2.74. The molecule has 1 aromatic rings. The van der Waals surface area contributed by atoms with E-state index < -0.39 is 0 Å². The fraction of sp³-hybridized carbons (Fsp3) is 0.857. The van der Waals surface area contributed by atoms with Crippen molar-refractivity contribution in [3.8, 4) is 0 Å². The van der Waals surface area contributed by atoms with Gasteiger partial charge in [0, 0.05) is 17.9 Å². The van der Waals surface area contributed by atoms with Crippen LogP contribution in [-0.2, 0) is 11.8 Å². The number of rotatable bonds is 7. The monoisotopic (exact) mass is 253 g/mol. The Morgan fingerprint density at radius 3 is 2.44 bits per heavy atom. The summed E-state index contributed by atoms with van der Waals surface area (Å²) in [5.41, 5.74) is -0.0428. The highest BCUT2D eigenvalue weighted by Gasteiger charge is 2.22. The quantitative estimate of drug-likeness (QED) is 0.811. The van der Waals surface area contributed by atoms with Gasteiger partial charge in [0.15, 0.2) is 5.82 Å². The largest absolute Gasteiger partial charge is 0.339 e. The van der Waals surface area contributed by atoms with Gasteiger partial charge in [-0.1, -0.05) is 46.2 Å². The smallest absolute Gasteiger partial charge is 0.228 e. The Kier molecular flexibility index (Phi) is 5.79. The summed E-state index contributed by atoms with van der Waals surface area (Å²) in [7, 11) is 0. The lowest BCUT2D eigenvalue weighted by molar-refractivity contribution is 0.341. The number of nitrogens with one attached hydrogen (secondary N) is 1. The fourth-order valence-electron chi connectivity index (χ4n) is 1.83. The summed E-state index contributed by atoms with van der Waals surface area (Å²) in [6.07, 6.45) is 4.29. The standard InChI is InChI=1S/C14H27N3O/c1-6-8-11(15-9-7-2)10-12-16-13(17-18-12)14(3,4)5/h11,15H,6-10H2,1-5H3. The Morgan fingerprint density at radius 1 is 1.22 bits per heavy atom. The third-order valence-corrected chi connectivity index (χ3v) is 2.88. The number of hydrogen-bond donors (Lipinski definition) is 1. The highest BCUT2D eigenvalue weighted by molar-refractivity contribution is 5.00. The Morgan fingerprint density at radius 2 is 1.94 bits per heavy atom. The number of hydrogen-bond acceptors (Lipinski definition) is 4. The normalized spacial score (nSPS) is 13.8. The third kappa shape index (κ3) is 4.77. The Hall–Kier alpha value is -0.900. The SMILES string of the molecule is CCCNC(CCC)Cc1nc(C(C)(C)C)no1. The van der Waals surface area contributed by atoms with Crippen molar-refractivity contribution < 1.29 is 4.52 Å². The maximum atomic E-state index is 5.35. The van der Waals surface area contributed by atoms with Gasteiger partial charge in [-0.15, -0.1) is 0 Å². The van der Waals surface area contributed by atoms with E-state index in [9.17, 15) is 0 Å². The van der Waals surface area contributed by atoms with E-state index in [0.717, 1.165) is 37.5 Å². The number of aromatic nitrogens is 2. The first kappa shape index (κ1) is 15.2. The molecule has 0 radical (unpaired) electrons. The van der Waals surface area contributed by atoms with E-state index in [1.54, 1.807) is 0 Å². The van der Waals surface area contributed by atoms with E-state index in [-0.39, 0.29) is 5.41 Å². The molecule has 1 aromatic heterocycles. The average molecular weight is 253 g/mol. The van der Waals surface area contributed by atoms with Crippen LogP contribution in [0, 0.1) is 0 Å². The van der Waals surface area contributed by atoms with Crippen LogP contribution in [0.3, 0.4) is 0 Å². The van der Waals surface area contributed by atoms with Crippen molar-refractivity contribution in [1.82, 2.24) is 15.5 Å². The molecule has 4 heteroatoms. The van der Waals surface area contributed by atoms with Crippen LogP contribution in [-0.4, -0.2) is 22.7 Å². The Labute approximate surface area is 111 Å². The second-order valence-corrected chi connectivity index (χ2v) is 5.91. The Bertz CT molecular complexity index is 341. The maximum Gasteiger partial charge on any atom is 0.228 e. The molecule has 0 aliphatic carbocycles. The molecule has 18 heavy (non-hydrogen) atoms. The van der Waals surface area contributed by atoms with Crippen LogP contribution in [0.15, 0.2) is 4.52 Å². The summed E-state index contributed by atoms with van der Waals surface area (Å²) in [5, 5.41) is 7.61. The van der Waals surface area contributed by atoms with Crippen LogP contribution < -0.4 is 5.32 Å². The fourth-order valence-corrected chi connectivity index (χ4v) is 1.83. The van der Waals surface area contributed by atoms with Crippen LogP contribution >= 0.6 is 0 Å². The molecule has 1 heterocycles. The molecule has 1 atom stereocenters. The lowest BCUT2D eigenvalue weighted by atomic mass is 9.96. The van der Waals surface area contributed by atoms with E-state index in [2.05, 4.69) is 50.1 Å². The first-order valence-corrected chi connectivity index (χ1v) is 7.03. The molecule has 0 saturated carbocycles. The van der Waals surface area contributed by atoms with Gasteiger partial charge in [-0.05, 0) is 19.4 Å². The summed E-state index contributed by atoms with van der Waals surface area (Å²) in [6.45, 7) is 11.7. The van der Waals surface area contributed by atoms with Crippen molar-refractivity contribution in [3.05, 3.63) is 11.7 Å². The van der Waals surface area contributed by atoms with Crippen LogP contribution in [0.2, 0.25) is 0 Å². The van der Waals surface area contributed by atoms with Gasteiger partial charge in [0.25, 0.3) is 0 Å². The lowest BCUT2D eigenvalue weighted by Crippen LogP contribution is -2.31. The summed E-state index contributed by atoms with van der Waals surface area (Å²) in [4.78, 5) is 4.49. The van der Waals surface area contributed by atoms with E-state index in [4.69, 9.17) is 4.52 Å². The first-order chi connectivity index (χ1) is 8.47. The van der Waals surface area contributed by atoms with E-state index in [1.165, 1.54) is 6.42 Å². The summed E-state index contributed by atoms with van der Waals surface area (Å²) in [5.74, 6) is 1.55. The van der Waals surface area contributed by atoms with Crippen LogP contribution in [0.25, 0.3) is 0 Å². The molecular weight excluding hydrogens is 226 g/mol.